The van der Waals surface area contributed by atoms with Crippen LogP contribution in [0.2, 0.25) is 0 Å². The third-order valence-corrected chi connectivity index (χ3v) is 7.51. The second-order valence-corrected chi connectivity index (χ2v) is 10.0. The number of imidazole rings is 1. The van der Waals surface area contributed by atoms with Crippen LogP contribution in [0.5, 0.6) is 5.75 Å². The highest BCUT2D eigenvalue weighted by Crippen LogP contribution is 2.34. The fourth-order valence-corrected chi connectivity index (χ4v) is 4.99. The number of para-hydroxylation sites is 1. The molecule has 0 unspecified atom stereocenters. The van der Waals surface area contributed by atoms with Crippen molar-refractivity contribution in [3.8, 4) is 17.0 Å². The highest BCUT2D eigenvalue weighted by molar-refractivity contribution is 9.10. The van der Waals surface area contributed by atoms with Gasteiger partial charge in [-0.25, -0.2) is 23.5 Å². The number of hydrogen-bond acceptors (Lipinski definition) is 7. The van der Waals surface area contributed by atoms with Crippen LogP contribution in [0, 0.1) is 11.6 Å². The SMILES string of the molecule is COc1ccccc1Cn1cnc2cc(C(=O)N3C[C@@H](n4cc(-c5cc(F)c(Br)c(F)c5N)nn4)CO3)ccc21. The lowest BCUT2D eigenvalue weighted by Gasteiger charge is -2.14. The number of anilines is 1. The smallest absolute Gasteiger partial charge is 0.277 e. The topological polar surface area (TPSA) is 113 Å². The number of amides is 1. The largest absolute Gasteiger partial charge is 0.496 e. The molecule has 0 spiro atoms. The molecule has 1 saturated heterocycles. The predicted molar refractivity (Wildman–Crippen MR) is 145 cm³/mol. The summed E-state index contributed by atoms with van der Waals surface area (Å²) in [6.07, 6.45) is 3.24. The van der Waals surface area contributed by atoms with Gasteiger partial charge in [0.2, 0.25) is 0 Å². The minimum Gasteiger partial charge on any atom is -0.496 e. The van der Waals surface area contributed by atoms with Crippen molar-refractivity contribution in [2.75, 3.05) is 26.0 Å². The predicted octanol–water partition coefficient (Wildman–Crippen LogP) is 4.60. The molecule has 0 radical (unpaired) electrons. The number of hydrogen-bond donors (Lipinski definition) is 1. The number of hydroxylamine groups is 2. The standard InChI is InChI=1S/C27H22BrF2N7O3/c1-39-23-5-3-2-4-16(23)10-35-14-32-20-8-15(6-7-22(20)35)27(38)37-11-17(13-40-37)36-12-21(33-34-36)18-9-19(29)24(28)25(30)26(18)31/h2-9,12,14,17H,10-11,13,31H2,1H3/t17-/m1/s1. The number of rotatable bonds is 6. The number of benzene rings is 3. The fourth-order valence-electron chi connectivity index (χ4n) is 4.66. The van der Waals surface area contributed by atoms with Crippen molar-refractivity contribution in [3.63, 3.8) is 0 Å². The van der Waals surface area contributed by atoms with Crippen LogP contribution < -0.4 is 10.5 Å². The van der Waals surface area contributed by atoms with Gasteiger partial charge < -0.3 is 15.0 Å². The number of nitrogen functional groups attached to an aromatic ring is 1. The van der Waals surface area contributed by atoms with Gasteiger partial charge in [0.25, 0.3) is 5.91 Å². The average Bonchev–Trinajstić information content (AvgIpc) is 3.74. The molecule has 1 fully saturated rings. The zero-order valence-electron chi connectivity index (χ0n) is 21.1. The van der Waals surface area contributed by atoms with E-state index in [1.54, 1.807) is 25.6 Å². The third kappa shape index (κ3) is 4.56. The van der Waals surface area contributed by atoms with Gasteiger partial charge in [0.15, 0.2) is 5.82 Å². The quantitative estimate of drug-likeness (QED) is 0.221. The molecule has 0 saturated carbocycles. The van der Waals surface area contributed by atoms with Crippen molar-refractivity contribution in [2.45, 2.75) is 12.6 Å². The summed E-state index contributed by atoms with van der Waals surface area (Å²) in [7, 11) is 1.64. The van der Waals surface area contributed by atoms with Gasteiger partial charge in [-0.15, -0.1) is 5.10 Å². The maximum absolute atomic E-state index is 14.2. The molecular formula is C27H22BrF2N7O3. The molecule has 3 heterocycles. The van der Waals surface area contributed by atoms with E-state index in [1.807, 2.05) is 34.9 Å². The molecule has 1 amide bonds. The minimum atomic E-state index is -0.910. The summed E-state index contributed by atoms with van der Waals surface area (Å²) in [5.74, 6) is -1.26. The van der Waals surface area contributed by atoms with Crippen LogP contribution in [0.4, 0.5) is 14.5 Å². The molecule has 2 aromatic heterocycles. The van der Waals surface area contributed by atoms with Crippen LogP contribution in [0.15, 0.2) is 65.5 Å². The van der Waals surface area contributed by atoms with Gasteiger partial charge in [-0.3, -0.25) is 9.63 Å². The molecule has 0 bridgehead atoms. The molecular weight excluding hydrogens is 588 g/mol. The Morgan fingerprint density at radius 1 is 1.23 bits per heavy atom. The van der Waals surface area contributed by atoms with Gasteiger partial charge in [-0.2, -0.15) is 0 Å². The highest BCUT2D eigenvalue weighted by atomic mass is 79.9. The number of methoxy groups -OCH3 is 1. The second-order valence-electron chi connectivity index (χ2n) is 9.24. The number of nitrogens with zero attached hydrogens (tertiary/aromatic N) is 6. The molecule has 1 atom stereocenters. The normalized spacial score (nSPS) is 15.2. The number of fused-ring (bicyclic) bond motifs is 1. The van der Waals surface area contributed by atoms with Gasteiger partial charge in [0, 0.05) is 16.7 Å². The molecule has 13 heteroatoms. The fraction of sp³-hybridized carbons (Fsp3) is 0.185. The summed E-state index contributed by atoms with van der Waals surface area (Å²) < 4.78 is 36.9. The summed E-state index contributed by atoms with van der Waals surface area (Å²) in [6.45, 7) is 0.916. The third-order valence-electron chi connectivity index (χ3n) is 6.79. The molecule has 1 aliphatic rings. The first-order valence-corrected chi connectivity index (χ1v) is 13.0. The highest BCUT2D eigenvalue weighted by Gasteiger charge is 2.31. The first kappa shape index (κ1) is 25.9. The van der Waals surface area contributed by atoms with Crippen LogP contribution >= 0.6 is 15.9 Å². The van der Waals surface area contributed by atoms with E-state index < -0.39 is 11.6 Å². The van der Waals surface area contributed by atoms with Crippen LogP contribution in [0.3, 0.4) is 0 Å². The monoisotopic (exact) mass is 609 g/mol. The summed E-state index contributed by atoms with van der Waals surface area (Å²) in [6, 6.07) is 13.8. The second kappa shape index (κ2) is 10.3. The molecule has 1 aliphatic heterocycles. The van der Waals surface area contributed by atoms with E-state index in [0.717, 1.165) is 22.9 Å². The van der Waals surface area contributed by atoms with E-state index in [1.165, 1.54) is 15.9 Å². The van der Waals surface area contributed by atoms with Crippen LogP contribution in [-0.4, -0.2) is 55.8 Å². The van der Waals surface area contributed by atoms with E-state index in [2.05, 4.69) is 31.2 Å². The van der Waals surface area contributed by atoms with E-state index in [0.29, 0.717) is 17.6 Å². The molecule has 10 nitrogen and oxygen atoms in total. The van der Waals surface area contributed by atoms with Crippen molar-refractivity contribution in [2.24, 2.45) is 0 Å². The summed E-state index contributed by atoms with van der Waals surface area (Å²) in [4.78, 5) is 23.4. The number of ether oxygens (including phenoxy) is 1. The van der Waals surface area contributed by atoms with E-state index in [9.17, 15) is 13.6 Å². The summed E-state index contributed by atoms with van der Waals surface area (Å²) in [5, 5.41) is 9.34. The lowest BCUT2D eigenvalue weighted by atomic mass is 10.1. The zero-order chi connectivity index (χ0) is 28.0. The van der Waals surface area contributed by atoms with Crippen molar-refractivity contribution in [1.29, 1.82) is 0 Å². The molecule has 40 heavy (non-hydrogen) atoms. The van der Waals surface area contributed by atoms with Gasteiger partial charge in [-0.1, -0.05) is 23.4 Å². The summed E-state index contributed by atoms with van der Waals surface area (Å²) in [5.41, 5.74) is 8.83. The van der Waals surface area contributed by atoms with Gasteiger partial charge in [-0.05, 0) is 46.3 Å². The number of halogens is 3. The lowest BCUT2D eigenvalue weighted by Crippen LogP contribution is -2.28. The number of aromatic nitrogens is 5. The lowest BCUT2D eigenvalue weighted by molar-refractivity contribution is -0.0772. The number of nitrogens with two attached hydrogens (primary N) is 1. The maximum Gasteiger partial charge on any atom is 0.277 e. The van der Waals surface area contributed by atoms with E-state index >= 15 is 0 Å². The van der Waals surface area contributed by atoms with E-state index in [-0.39, 0.29) is 46.5 Å². The van der Waals surface area contributed by atoms with Crippen molar-refractivity contribution >= 4 is 38.6 Å². The van der Waals surface area contributed by atoms with Crippen molar-refractivity contribution in [1.82, 2.24) is 29.6 Å². The van der Waals surface area contributed by atoms with Crippen molar-refractivity contribution < 1.29 is 23.1 Å². The van der Waals surface area contributed by atoms with Gasteiger partial charge >= 0.3 is 0 Å². The Hall–Kier alpha value is -4.36. The molecule has 0 aliphatic carbocycles. The van der Waals surface area contributed by atoms with Crippen molar-refractivity contribution in [3.05, 3.63) is 88.3 Å². The van der Waals surface area contributed by atoms with Crippen LogP contribution in [0.1, 0.15) is 22.0 Å². The molecule has 5 aromatic rings. The Bertz CT molecular complexity index is 1760. The average molecular weight is 610 g/mol. The van der Waals surface area contributed by atoms with Gasteiger partial charge in [0.1, 0.15) is 17.3 Å². The number of carbonyl (C=O) groups is 1. The Morgan fingerprint density at radius 2 is 2.05 bits per heavy atom. The Morgan fingerprint density at radius 3 is 2.88 bits per heavy atom. The number of carbonyl (C=O) groups excluding carboxylic acids is 1. The Labute approximate surface area is 235 Å². The Balaban J connectivity index is 1.17. The zero-order valence-corrected chi connectivity index (χ0v) is 22.7. The molecule has 2 N–H and O–H groups in total. The molecule has 204 valence electrons. The summed E-state index contributed by atoms with van der Waals surface area (Å²) >= 11 is 2.83. The first-order valence-electron chi connectivity index (χ1n) is 12.2. The minimum absolute atomic E-state index is 0.0785. The maximum atomic E-state index is 14.2. The first-order chi connectivity index (χ1) is 19.3. The van der Waals surface area contributed by atoms with Gasteiger partial charge in [0.05, 0.1) is 66.6 Å². The molecule has 3 aromatic carbocycles. The molecule has 6 rings (SSSR count). The van der Waals surface area contributed by atoms with E-state index in [4.69, 9.17) is 15.3 Å². The van der Waals surface area contributed by atoms with Crippen LogP contribution in [-0.2, 0) is 11.4 Å². The van der Waals surface area contributed by atoms with Crippen LogP contribution in [0.25, 0.3) is 22.3 Å². The Kier molecular flexibility index (Phi) is 6.68.